The Kier molecular flexibility index (Phi) is 4.78. The van der Waals surface area contributed by atoms with Crippen molar-refractivity contribution in [3.05, 3.63) is 57.8 Å². The molecule has 6 heteroatoms. The van der Waals surface area contributed by atoms with Crippen LogP contribution >= 0.6 is 23.7 Å². The minimum Gasteiger partial charge on any atom is -0.320 e. The van der Waals surface area contributed by atoms with Gasteiger partial charge >= 0.3 is 6.18 Å². The Morgan fingerprint density at radius 3 is 2.28 bits per heavy atom. The van der Waals surface area contributed by atoms with Crippen molar-refractivity contribution < 1.29 is 13.2 Å². The maximum Gasteiger partial charge on any atom is 0.416 e. The summed E-state index contributed by atoms with van der Waals surface area (Å²) in [7, 11) is 0. The number of alkyl halides is 3. The second-order valence-electron chi connectivity index (χ2n) is 3.58. The molecule has 1 heterocycles. The minimum absolute atomic E-state index is 0. The first-order valence-corrected chi connectivity index (χ1v) is 5.83. The molecule has 2 rings (SSSR count). The zero-order valence-electron chi connectivity index (χ0n) is 9.15. The molecule has 0 aliphatic rings. The average molecular weight is 294 g/mol. The van der Waals surface area contributed by atoms with Crippen LogP contribution in [0.15, 0.2) is 41.8 Å². The van der Waals surface area contributed by atoms with E-state index in [2.05, 4.69) is 0 Å². The zero-order valence-corrected chi connectivity index (χ0v) is 10.8. The molecule has 0 radical (unpaired) electrons. The highest BCUT2D eigenvalue weighted by molar-refractivity contribution is 7.10. The van der Waals surface area contributed by atoms with E-state index in [9.17, 15) is 13.2 Å². The Balaban J connectivity index is 0.00000162. The van der Waals surface area contributed by atoms with Crippen LogP contribution in [0.1, 0.15) is 22.0 Å². The van der Waals surface area contributed by atoms with Gasteiger partial charge in [0.1, 0.15) is 0 Å². The SMILES string of the molecule is Cl.N[C@H](c1cccs1)c1ccccc1C(F)(F)F. The monoisotopic (exact) mass is 293 g/mol. The lowest BCUT2D eigenvalue weighted by Crippen LogP contribution is -2.17. The predicted molar refractivity (Wildman–Crippen MR) is 69.0 cm³/mol. The third-order valence-corrected chi connectivity index (χ3v) is 3.41. The number of thiophene rings is 1. The van der Waals surface area contributed by atoms with E-state index in [1.807, 2.05) is 0 Å². The molecule has 0 aliphatic heterocycles. The van der Waals surface area contributed by atoms with Crippen LogP contribution in [-0.4, -0.2) is 0 Å². The van der Waals surface area contributed by atoms with Gasteiger partial charge in [0.05, 0.1) is 11.6 Å². The number of halogens is 4. The zero-order chi connectivity index (χ0) is 12.5. The smallest absolute Gasteiger partial charge is 0.320 e. The highest BCUT2D eigenvalue weighted by atomic mass is 35.5. The van der Waals surface area contributed by atoms with Crippen molar-refractivity contribution in [3.8, 4) is 0 Å². The summed E-state index contributed by atoms with van der Waals surface area (Å²) in [5.74, 6) is 0. The van der Waals surface area contributed by atoms with Crippen molar-refractivity contribution in [2.75, 3.05) is 0 Å². The number of hydrogen-bond acceptors (Lipinski definition) is 2. The Morgan fingerprint density at radius 1 is 1.06 bits per heavy atom. The molecule has 1 aromatic heterocycles. The number of hydrogen-bond donors (Lipinski definition) is 1. The maximum absolute atomic E-state index is 12.8. The van der Waals surface area contributed by atoms with Crippen molar-refractivity contribution >= 4 is 23.7 Å². The molecule has 1 aromatic carbocycles. The normalized spacial score (nSPS) is 12.9. The fourth-order valence-electron chi connectivity index (χ4n) is 1.65. The molecule has 0 amide bonds. The summed E-state index contributed by atoms with van der Waals surface area (Å²) in [6, 6.07) is 8.20. The van der Waals surface area contributed by atoms with Gasteiger partial charge < -0.3 is 5.73 Å². The fourth-order valence-corrected chi connectivity index (χ4v) is 2.39. The van der Waals surface area contributed by atoms with E-state index >= 15 is 0 Å². The van der Waals surface area contributed by atoms with Crippen LogP contribution in [0.3, 0.4) is 0 Å². The standard InChI is InChI=1S/C12H10F3NS.ClH/c13-12(14,15)9-5-2-1-4-8(9)11(16)10-6-3-7-17-10;/h1-7,11H,16H2;1H/t11-;/m0./s1. The van der Waals surface area contributed by atoms with Gasteiger partial charge in [0.15, 0.2) is 0 Å². The fraction of sp³-hybridized carbons (Fsp3) is 0.167. The molecule has 0 saturated heterocycles. The highest BCUT2D eigenvalue weighted by Gasteiger charge is 2.34. The molecule has 18 heavy (non-hydrogen) atoms. The van der Waals surface area contributed by atoms with Gasteiger partial charge in [0.2, 0.25) is 0 Å². The lowest BCUT2D eigenvalue weighted by atomic mass is 9.99. The van der Waals surface area contributed by atoms with Gasteiger partial charge in [-0.2, -0.15) is 13.2 Å². The first-order chi connectivity index (χ1) is 8.00. The first kappa shape index (κ1) is 15.0. The van der Waals surface area contributed by atoms with Crippen LogP contribution in [0.5, 0.6) is 0 Å². The highest BCUT2D eigenvalue weighted by Crippen LogP contribution is 2.36. The molecule has 2 N–H and O–H groups in total. The first-order valence-electron chi connectivity index (χ1n) is 4.95. The Labute approximate surface area is 113 Å². The summed E-state index contributed by atoms with van der Waals surface area (Å²) < 4.78 is 38.4. The van der Waals surface area contributed by atoms with Crippen molar-refractivity contribution in [2.45, 2.75) is 12.2 Å². The van der Waals surface area contributed by atoms with Gasteiger partial charge in [0.25, 0.3) is 0 Å². The maximum atomic E-state index is 12.8. The molecule has 0 saturated carbocycles. The van der Waals surface area contributed by atoms with Crippen LogP contribution in [0.25, 0.3) is 0 Å². The molecule has 1 atom stereocenters. The largest absolute Gasteiger partial charge is 0.416 e. The van der Waals surface area contributed by atoms with Crippen LogP contribution < -0.4 is 5.73 Å². The molecule has 0 unspecified atom stereocenters. The summed E-state index contributed by atoms with van der Waals surface area (Å²) in [5.41, 5.74) is 5.32. The predicted octanol–water partition coefficient (Wildman–Crippen LogP) is 4.24. The van der Waals surface area contributed by atoms with Crippen molar-refractivity contribution in [3.63, 3.8) is 0 Å². The minimum atomic E-state index is -4.37. The van der Waals surface area contributed by atoms with Gasteiger partial charge in [-0.05, 0) is 23.1 Å². The van der Waals surface area contributed by atoms with Crippen LogP contribution in [0.2, 0.25) is 0 Å². The molecule has 98 valence electrons. The van der Waals surface area contributed by atoms with E-state index in [1.165, 1.54) is 23.5 Å². The van der Waals surface area contributed by atoms with E-state index in [0.717, 1.165) is 10.9 Å². The number of rotatable bonds is 2. The van der Waals surface area contributed by atoms with E-state index in [4.69, 9.17) is 5.73 Å². The lowest BCUT2D eigenvalue weighted by molar-refractivity contribution is -0.138. The van der Waals surface area contributed by atoms with Gasteiger partial charge in [-0.3, -0.25) is 0 Å². The van der Waals surface area contributed by atoms with E-state index < -0.39 is 17.8 Å². The summed E-state index contributed by atoms with van der Waals surface area (Å²) in [6.07, 6.45) is -4.37. The second-order valence-corrected chi connectivity index (χ2v) is 4.56. The Hall–Kier alpha value is -1.04. The molecule has 2 aromatic rings. The molecule has 1 nitrogen and oxygen atoms in total. The summed E-state index contributed by atoms with van der Waals surface area (Å²) in [5, 5.41) is 1.80. The third kappa shape index (κ3) is 3.04. The topological polar surface area (TPSA) is 26.0 Å². The van der Waals surface area contributed by atoms with Gasteiger partial charge in [-0.15, -0.1) is 23.7 Å². The quantitative estimate of drug-likeness (QED) is 0.881. The molecule has 0 spiro atoms. The van der Waals surface area contributed by atoms with Gasteiger partial charge in [0, 0.05) is 4.88 Å². The lowest BCUT2D eigenvalue weighted by Gasteiger charge is -2.17. The van der Waals surface area contributed by atoms with Crippen LogP contribution in [-0.2, 0) is 6.18 Å². The van der Waals surface area contributed by atoms with Gasteiger partial charge in [-0.1, -0.05) is 24.3 Å². The van der Waals surface area contributed by atoms with E-state index in [-0.39, 0.29) is 18.0 Å². The second kappa shape index (κ2) is 5.73. The molecule has 0 bridgehead atoms. The van der Waals surface area contributed by atoms with Crippen molar-refractivity contribution in [1.82, 2.24) is 0 Å². The van der Waals surface area contributed by atoms with E-state index in [1.54, 1.807) is 23.6 Å². The summed E-state index contributed by atoms with van der Waals surface area (Å²) >= 11 is 1.35. The van der Waals surface area contributed by atoms with Crippen molar-refractivity contribution in [1.29, 1.82) is 0 Å². The van der Waals surface area contributed by atoms with Crippen molar-refractivity contribution in [2.24, 2.45) is 5.73 Å². The van der Waals surface area contributed by atoms with Crippen LogP contribution in [0, 0.1) is 0 Å². The van der Waals surface area contributed by atoms with Gasteiger partial charge in [-0.25, -0.2) is 0 Å². The number of nitrogens with two attached hydrogens (primary N) is 1. The Morgan fingerprint density at radius 2 is 1.72 bits per heavy atom. The van der Waals surface area contributed by atoms with Crippen LogP contribution in [0.4, 0.5) is 13.2 Å². The third-order valence-electron chi connectivity index (χ3n) is 2.45. The summed E-state index contributed by atoms with van der Waals surface area (Å²) in [4.78, 5) is 0.724. The molecular weight excluding hydrogens is 283 g/mol. The Bertz CT molecular complexity index is 496. The summed E-state index contributed by atoms with van der Waals surface area (Å²) in [6.45, 7) is 0. The number of benzene rings is 1. The molecule has 0 aliphatic carbocycles. The molecule has 0 fully saturated rings. The van der Waals surface area contributed by atoms with E-state index in [0.29, 0.717) is 0 Å². The molecular formula is C12H11ClF3NS. The average Bonchev–Trinajstić information content (AvgIpc) is 2.80.